The van der Waals surface area contributed by atoms with E-state index in [2.05, 4.69) is 27.0 Å². The van der Waals surface area contributed by atoms with Crippen LogP contribution in [0.3, 0.4) is 0 Å². The highest BCUT2D eigenvalue weighted by atomic mass is 16.5. The van der Waals surface area contributed by atoms with Gasteiger partial charge in [-0.25, -0.2) is 9.97 Å². The number of nitrogens with zero attached hydrogens (tertiary/aromatic N) is 3. The molecule has 0 N–H and O–H groups in total. The topological polar surface area (TPSA) is 47.5 Å². The van der Waals surface area contributed by atoms with Crippen LogP contribution in [-0.2, 0) is 0 Å². The third-order valence-electron chi connectivity index (χ3n) is 3.91. The summed E-state index contributed by atoms with van der Waals surface area (Å²) in [5, 5.41) is 0. The first-order chi connectivity index (χ1) is 10.3. The molecule has 110 valence electrons. The van der Waals surface area contributed by atoms with Crippen molar-refractivity contribution in [1.82, 2.24) is 9.97 Å². The maximum Gasteiger partial charge on any atom is 0.257 e. The molecule has 1 unspecified atom stereocenters. The van der Waals surface area contributed by atoms with E-state index in [0.717, 1.165) is 31.1 Å². The molecule has 0 bridgehead atoms. The number of anilines is 1. The number of methoxy groups -OCH3 is 2. The molecule has 3 rings (SSSR count). The van der Waals surface area contributed by atoms with Crippen LogP contribution >= 0.6 is 0 Å². The minimum atomic E-state index is 0.502. The smallest absolute Gasteiger partial charge is 0.257 e. The van der Waals surface area contributed by atoms with Gasteiger partial charge in [-0.15, -0.1) is 0 Å². The van der Waals surface area contributed by atoms with E-state index in [1.165, 1.54) is 5.56 Å². The molecule has 1 fully saturated rings. The Bertz CT molecular complexity index is 601. The van der Waals surface area contributed by atoms with Crippen molar-refractivity contribution in [3.63, 3.8) is 0 Å². The second kappa shape index (κ2) is 5.99. The monoisotopic (exact) mass is 285 g/mol. The molecule has 0 amide bonds. The summed E-state index contributed by atoms with van der Waals surface area (Å²) < 4.78 is 10.5. The van der Waals surface area contributed by atoms with Gasteiger partial charge in [-0.05, 0) is 24.1 Å². The molecule has 1 aromatic heterocycles. The van der Waals surface area contributed by atoms with Crippen molar-refractivity contribution in [2.75, 3.05) is 32.2 Å². The molecule has 0 aliphatic carbocycles. The van der Waals surface area contributed by atoms with E-state index < -0.39 is 0 Å². The van der Waals surface area contributed by atoms with Crippen molar-refractivity contribution in [2.45, 2.75) is 12.3 Å². The Hall–Kier alpha value is -2.30. The Balaban J connectivity index is 1.75. The summed E-state index contributed by atoms with van der Waals surface area (Å²) in [5.41, 5.74) is 1.33. The third kappa shape index (κ3) is 2.77. The first-order valence-electron chi connectivity index (χ1n) is 7.05. The highest BCUT2D eigenvalue weighted by Gasteiger charge is 2.27. The van der Waals surface area contributed by atoms with Crippen LogP contribution in [-0.4, -0.2) is 37.3 Å². The fourth-order valence-corrected chi connectivity index (χ4v) is 2.78. The molecule has 0 spiro atoms. The van der Waals surface area contributed by atoms with Gasteiger partial charge in [0.2, 0.25) is 0 Å². The van der Waals surface area contributed by atoms with E-state index in [4.69, 9.17) is 9.47 Å². The van der Waals surface area contributed by atoms with Gasteiger partial charge in [-0.2, -0.15) is 0 Å². The third-order valence-corrected chi connectivity index (χ3v) is 3.91. The Labute approximate surface area is 124 Å². The summed E-state index contributed by atoms with van der Waals surface area (Å²) in [4.78, 5) is 10.9. The zero-order chi connectivity index (χ0) is 14.7. The lowest BCUT2D eigenvalue weighted by molar-refractivity contribution is 0.396. The van der Waals surface area contributed by atoms with Gasteiger partial charge in [-0.3, -0.25) is 0 Å². The second-order valence-electron chi connectivity index (χ2n) is 5.09. The predicted octanol–water partition coefficient (Wildman–Crippen LogP) is 2.49. The maximum atomic E-state index is 5.30. The first-order valence-corrected chi connectivity index (χ1v) is 7.05. The van der Waals surface area contributed by atoms with E-state index in [1.54, 1.807) is 26.6 Å². The van der Waals surface area contributed by atoms with E-state index in [-0.39, 0.29) is 0 Å². The molecule has 1 saturated heterocycles. The Morgan fingerprint density at radius 2 is 1.81 bits per heavy atom. The summed E-state index contributed by atoms with van der Waals surface area (Å²) in [7, 11) is 3.32. The predicted molar refractivity (Wildman–Crippen MR) is 81.1 cm³/mol. The fourth-order valence-electron chi connectivity index (χ4n) is 2.78. The van der Waals surface area contributed by atoms with Gasteiger partial charge in [0.1, 0.15) is 5.75 Å². The van der Waals surface area contributed by atoms with Gasteiger partial charge in [0.05, 0.1) is 14.2 Å². The SMILES string of the molecule is COc1ccc(C2CCN(c3nccnc3OC)C2)cc1. The Kier molecular flexibility index (Phi) is 3.90. The van der Waals surface area contributed by atoms with Crippen LogP contribution in [0.5, 0.6) is 11.6 Å². The van der Waals surface area contributed by atoms with Crippen LogP contribution in [0.25, 0.3) is 0 Å². The van der Waals surface area contributed by atoms with E-state index >= 15 is 0 Å². The van der Waals surface area contributed by atoms with Gasteiger partial charge in [0.15, 0.2) is 5.82 Å². The van der Waals surface area contributed by atoms with Crippen LogP contribution in [0.4, 0.5) is 5.82 Å². The van der Waals surface area contributed by atoms with Gasteiger partial charge in [0.25, 0.3) is 5.88 Å². The minimum absolute atomic E-state index is 0.502. The maximum absolute atomic E-state index is 5.30. The number of hydrogen-bond donors (Lipinski definition) is 0. The van der Waals surface area contributed by atoms with E-state index in [0.29, 0.717) is 11.8 Å². The van der Waals surface area contributed by atoms with Crippen LogP contribution < -0.4 is 14.4 Å². The molecule has 2 heterocycles. The molecule has 1 aromatic carbocycles. The molecule has 0 saturated carbocycles. The normalized spacial score (nSPS) is 17.8. The van der Waals surface area contributed by atoms with Crippen molar-refractivity contribution < 1.29 is 9.47 Å². The number of ether oxygens (including phenoxy) is 2. The van der Waals surface area contributed by atoms with Gasteiger partial charge < -0.3 is 14.4 Å². The minimum Gasteiger partial charge on any atom is -0.497 e. The Morgan fingerprint density at radius 3 is 2.52 bits per heavy atom. The van der Waals surface area contributed by atoms with Crippen molar-refractivity contribution in [2.24, 2.45) is 0 Å². The second-order valence-corrected chi connectivity index (χ2v) is 5.09. The summed E-state index contributed by atoms with van der Waals surface area (Å²) in [6, 6.07) is 8.31. The molecule has 5 nitrogen and oxygen atoms in total. The van der Waals surface area contributed by atoms with Crippen LogP contribution in [0, 0.1) is 0 Å². The molecular formula is C16H19N3O2. The zero-order valence-electron chi connectivity index (χ0n) is 12.3. The van der Waals surface area contributed by atoms with Crippen molar-refractivity contribution >= 4 is 5.82 Å². The molecule has 1 aliphatic heterocycles. The van der Waals surface area contributed by atoms with Crippen LogP contribution in [0.2, 0.25) is 0 Å². The molecule has 5 heteroatoms. The molecule has 0 radical (unpaired) electrons. The zero-order valence-corrected chi connectivity index (χ0v) is 12.3. The highest BCUT2D eigenvalue weighted by molar-refractivity contribution is 5.49. The van der Waals surface area contributed by atoms with Gasteiger partial charge in [-0.1, -0.05) is 12.1 Å². The fraction of sp³-hybridized carbons (Fsp3) is 0.375. The standard InChI is InChI=1S/C16H19N3O2/c1-20-14-5-3-12(4-6-14)13-7-10-19(11-13)15-16(21-2)18-9-8-17-15/h3-6,8-9,13H,7,10-11H2,1-2H3. The molecule has 1 atom stereocenters. The van der Waals surface area contributed by atoms with Crippen molar-refractivity contribution in [3.05, 3.63) is 42.2 Å². The lowest BCUT2D eigenvalue weighted by Gasteiger charge is -2.19. The number of hydrogen-bond acceptors (Lipinski definition) is 5. The van der Waals surface area contributed by atoms with Crippen LogP contribution in [0.1, 0.15) is 17.9 Å². The molecular weight excluding hydrogens is 266 g/mol. The number of rotatable bonds is 4. The largest absolute Gasteiger partial charge is 0.497 e. The van der Waals surface area contributed by atoms with Gasteiger partial charge >= 0.3 is 0 Å². The van der Waals surface area contributed by atoms with Crippen molar-refractivity contribution in [1.29, 1.82) is 0 Å². The number of aromatic nitrogens is 2. The molecule has 2 aromatic rings. The molecule has 21 heavy (non-hydrogen) atoms. The van der Waals surface area contributed by atoms with Gasteiger partial charge in [0, 0.05) is 31.4 Å². The Morgan fingerprint density at radius 1 is 1.05 bits per heavy atom. The van der Waals surface area contributed by atoms with Crippen molar-refractivity contribution in [3.8, 4) is 11.6 Å². The first kappa shape index (κ1) is 13.7. The summed E-state index contributed by atoms with van der Waals surface area (Å²) in [6.45, 7) is 1.90. The lowest BCUT2D eigenvalue weighted by Crippen LogP contribution is -2.21. The number of benzene rings is 1. The quantitative estimate of drug-likeness (QED) is 0.863. The average Bonchev–Trinajstić information content (AvgIpc) is 3.04. The van der Waals surface area contributed by atoms with E-state index in [9.17, 15) is 0 Å². The summed E-state index contributed by atoms with van der Waals surface area (Å²) in [5.74, 6) is 2.82. The average molecular weight is 285 g/mol. The lowest BCUT2D eigenvalue weighted by atomic mass is 9.98. The highest BCUT2D eigenvalue weighted by Crippen LogP contribution is 2.33. The van der Waals surface area contributed by atoms with E-state index in [1.807, 2.05) is 12.1 Å². The van der Waals surface area contributed by atoms with Crippen LogP contribution in [0.15, 0.2) is 36.7 Å². The molecule has 1 aliphatic rings. The summed E-state index contributed by atoms with van der Waals surface area (Å²) in [6.07, 6.45) is 4.46. The summed E-state index contributed by atoms with van der Waals surface area (Å²) >= 11 is 0.